The van der Waals surface area contributed by atoms with E-state index >= 15 is 0 Å². The Morgan fingerprint density at radius 2 is 1.81 bits per heavy atom. The van der Waals surface area contributed by atoms with Crippen LogP contribution >= 0.6 is 11.3 Å². The molecule has 0 atom stereocenters. The number of anilines is 2. The number of carbonyl (C=O) groups is 3. The Hall–Kier alpha value is -3.20. The third-order valence-corrected chi connectivity index (χ3v) is 6.44. The van der Waals surface area contributed by atoms with Crippen molar-refractivity contribution in [3.8, 4) is 0 Å². The van der Waals surface area contributed by atoms with E-state index in [9.17, 15) is 14.4 Å². The Morgan fingerprint density at radius 1 is 1.09 bits per heavy atom. The minimum absolute atomic E-state index is 0.238. The number of thiophene rings is 1. The number of benzene rings is 1. The zero-order valence-corrected chi connectivity index (χ0v) is 19.4. The van der Waals surface area contributed by atoms with Gasteiger partial charge in [0.05, 0.1) is 18.4 Å². The van der Waals surface area contributed by atoms with Crippen molar-refractivity contribution in [3.63, 3.8) is 0 Å². The first-order valence-corrected chi connectivity index (χ1v) is 11.6. The average molecular weight is 457 g/mol. The number of carbonyl (C=O) groups excluding carboxylic acids is 3. The number of fused-ring (bicyclic) bond motifs is 1. The molecule has 2 N–H and O–H groups in total. The molecular formula is C23H28N4O4S. The van der Waals surface area contributed by atoms with Crippen LogP contribution < -0.4 is 15.6 Å². The number of nitrogens with zero attached hydrogens (tertiary/aromatic N) is 2. The van der Waals surface area contributed by atoms with E-state index in [0.29, 0.717) is 10.6 Å². The largest absolute Gasteiger partial charge is 0.462 e. The number of hydrogen-bond acceptors (Lipinski definition) is 7. The van der Waals surface area contributed by atoms with Crippen LogP contribution in [-0.2, 0) is 27.2 Å². The normalized spacial score (nSPS) is 12.5. The smallest absolute Gasteiger partial charge is 0.341 e. The first-order valence-electron chi connectivity index (χ1n) is 10.8. The molecule has 8 nitrogen and oxygen atoms in total. The van der Waals surface area contributed by atoms with E-state index < -0.39 is 17.8 Å². The van der Waals surface area contributed by atoms with Gasteiger partial charge in [-0.1, -0.05) is 12.1 Å². The second-order valence-electron chi connectivity index (χ2n) is 7.20. The standard InChI is InChI=1S/C23H28N4O4S/c1-4-27(5-2)16-12-10-15(11-13-16)14-24-26-21(29)20(28)25-22-19(23(30)31-6-3)17-8-7-9-18(17)32-22/h10-14H,4-9H2,1-3H3,(H,25,28)(H,26,29)/b24-14+. The molecule has 1 aliphatic rings. The van der Waals surface area contributed by atoms with Gasteiger partial charge in [0.15, 0.2) is 0 Å². The van der Waals surface area contributed by atoms with Crippen LogP contribution in [0.15, 0.2) is 29.4 Å². The molecule has 0 fully saturated rings. The van der Waals surface area contributed by atoms with Gasteiger partial charge in [0.1, 0.15) is 5.00 Å². The van der Waals surface area contributed by atoms with Crippen LogP contribution in [0.5, 0.6) is 0 Å². The Labute approximate surface area is 191 Å². The lowest BCUT2D eigenvalue weighted by Crippen LogP contribution is -2.32. The number of ether oxygens (including phenoxy) is 1. The number of nitrogens with one attached hydrogen (secondary N) is 2. The van der Waals surface area contributed by atoms with Crippen LogP contribution in [0.3, 0.4) is 0 Å². The van der Waals surface area contributed by atoms with E-state index in [-0.39, 0.29) is 6.61 Å². The summed E-state index contributed by atoms with van der Waals surface area (Å²) in [5.74, 6) is -2.28. The second-order valence-corrected chi connectivity index (χ2v) is 8.30. The topological polar surface area (TPSA) is 100 Å². The number of esters is 1. The number of hydrogen-bond donors (Lipinski definition) is 2. The predicted molar refractivity (Wildman–Crippen MR) is 127 cm³/mol. The third-order valence-electron chi connectivity index (χ3n) is 5.24. The van der Waals surface area contributed by atoms with Gasteiger partial charge >= 0.3 is 17.8 Å². The predicted octanol–water partition coefficient (Wildman–Crippen LogP) is 3.35. The number of aryl methyl sites for hydroxylation is 1. The van der Waals surface area contributed by atoms with E-state index in [2.05, 4.69) is 34.6 Å². The summed E-state index contributed by atoms with van der Waals surface area (Å²) in [4.78, 5) is 40.2. The van der Waals surface area contributed by atoms with Gasteiger partial charge < -0.3 is 15.0 Å². The van der Waals surface area contributed by atoms with Gasteiger partial charge in [0.2, 0.25) is 0 Å². The SMILES string of the molecule is CCOC(=O)c1c(NC(=O)C(=O)N/N=C/c2ccc(N(CC)CC)cc2)sc2c1CCC2. The van der Waals surface area contributed by atoms with E-state index in [1.54, 1.807) is 6.92 Å². The van der Waals surface area contributed by atoms with Crippen LogP contribution in [0.4, 0.5) is 10.7 Å². The summed E-state index contributed by atoms with van der Waals surface area (Å²) in [5, 5.41) is 6.77. The second kappa shape index (κ2) is 10.9. The number of amides is 2. The maximum Gasteiger partial charge on any atom is 0.341 e. The molecule has 0 bridgehead atoms. The molecule has 0 radical (unpaired) electrons. The molecular weight excluding hydrogens is 428 g/mol. The van der Waals surface area contributed by atoms with Crippen molar-refractivity contribution < 1.29 is 19.1 Å². The monoisotopic (exact) mass is 456 g/mol. The van der Waals surface area contributed by atoms with Gasteiger partial charge in [0, 0.05) is 23.7 Å². The fraction of sp³-hybridized carbons (Fsp3) is 0.391. The quantitative estimate of drug-likeness (QED) is 0.275. The fourth-order valence-electron chi connectivity index (χ4n) is 3.65. The van der Waals surface area contributed by atoms with Gasteiger partial charge in [0.25, 0.3) is 0 Å². The molecule has 0 spiro atoms. The fourth-order valence-corrected chi connectivity index (χ4v) is 4.92. The van der Waals surface area contributed by atoms with E-state index in [0.717, 1.165) is 54.0 Å². The van der Waals surface area contributed by atoms with Gasteiger partial charge in [-0.2, -0.15) is 5.10 Å². The molecule has 0 saturated heterocycles. The van der Waals surface area contributed by atoms with Crippen LogP contribution in [-0.4, -0.2) is 43.7 Å². The van der Waals surface area contributed by atoms with Gasteiger partial charge in [-0.15, -0.1) is 11.3 Å². The minimum atomic E-state index is -0.913. The molecule has 1 aromatic heterocycles. The van der Waals surface area contributed by atoms with Crippen molar-refractivity contribution in [2.24, 2.45) is 5.10 Å². The summed E-state index contributed by atoms with van der Waals surface area (Å²) < 4.78 is 5.13. The lowest BCUT2D eigenvalue weighted by molar-refractivity contribution is -0.136. The van der Waals surface area contributed by atoms with E-state index in [1.807, 2.05) is 24.3 Å². The highest BCUT2D eigenvalue weighted by Gasteiger charge is 2.29. The van der Waals surface area contributed by atoms with Crippen molar-refractivity contribution in [2.45, 2.75) is 40.0 Å². The molecule has 2 aromatic rings. The molecule has 1 heterocycles. The van der Waals surface area contributed by atoms with Crippen molar-refractivity contribution in [3.05, 3.63) is 45.8 Å². The van der Waals surface area contributed by atoms with Crippen LogP contribution in [0.1, 0.15) is 53.6 Å². The van der Waals surface area contributed by atoms with Crippen molar-refractivity contribution in [1.29, 1.82) is 0 Å². The summed E-state index contributed by atoms with van der Waals surface area (Å²) in [5.41, 5.74) is 5.41. The highest BCUT2D eigenvalue weighted by atomic mass is 32.1. The highest BCUT2D eigenvalue weighted by molar-refractivity contribution is 7.17. The highest BCUT2D eigenvalue weighted by Crippen LogP contribution is 2.39. The molecule has 0 unspecified atom stereocenters. The van der Waals surface area contributed by atoms with Crippen molar-refractivity contribution >= 4 is 46.0 Å². The van der Waals surface area contributed by atoms with Gasteiger partial charge in [-0.05, 0) is 63.3 Å². The number of rotatable bonds is 8. The Morgan fingerprint density at radius 3 is 2.47 bits per heavy atom. The molecule has 3 rings (SSSR count). The Bertz CT molecular complexity index is 1010. The average Bonchev–Trinajstić information content (AvgIpc) is 3.36. The zero-order valence-electron chi connectivity index (χ0n) is 18.6. The van der Waals surface area contributed by atoms with Gasteiger partial charge in [-0.3, -0.25) is 9.59 Å². The zero-order chi connectivity index (χ0) is 23.1. The Kier molecular flexibility index (Phi) is 7.99. The summed E-state index contributed by atoms with van der Waals surface area (Å²) in [6.07, 6.45) is 4.05. The summed E-state index contributed by atoms with van der Waals surface area (Å²) in [6, 6.07) is 7.75. The summed E-state index contributed by atoms with van der Waals surface area (Å²) in [6.45, 7) is 7.99. The number of hydrazone groups is 1. The molecule has 0 saturated carbocycles. The molecule has 1 aliphatic carbocycles. The minimum Gasteiger partial charge on any atom is -0.462 e. The first kappa shape index (κ1) is 23.5. The maximum absolute atomic E-state index is 12.4. The maximum atomic E-state index is 12.4. The molecule has 32 heavy (non-hydrogen) atoms. The molecule has 170 valence electrons. The van der Waals surface area contributed by atoms with Gasteiger partial charge in [-0.25, -0.2) is 10.2 Å². The van der Waals surface area contributed by atoms with Crippen LogP contribution in [0.2, 0.25) is 0 Å². The van der Waals surface area contributed by atoms with Crippen LogP contribution in [0, 0.1) is 0 Å². The molecule has 0 aliphatic heterocycles. The van der Waals surface area contributed by atoms with E-state index in [1.165, 1.54) is 17.6 Å². The molecule has 2 amide bonds. The Balaban J connectivity index is 1.61. The third kappa shape index (κ3) is 5.34. The first-order chi connectivity index (χ1) is 15.5. The summed E-state index contributed by atoms with van der Waals surface area (Å²) >= 11 is 1.32. The molecule has 9 heteroatoms. The van der Waals surface area contributed by atoms with Crippen LogP contribution in [0.25, 0.3) is 0 Å². The molecule has 1 aromatic carbocycles. The van der Waals surface area contributed by atoms with E-state index in [4.69, 9.17) is 4.74 Å². The van der Waals surface area contributed by atoms with Crippen molar-refractivity contribution in [2.75, 3.05) is 29.9 Å². The lowest BCUT2D eigenvalue weighted by Gasteiger charge is -2.20. The van der Waals surface area contributed by atoms with Crippen molar-refractivity contribution in [1.82, 2.24) is 5.43 Å². The lowest BCUT2D eigenvalue weighted by atomic mass is 10.1. The summed E-state index contributed by atoms with van der Waals surface area (Å²) in [7, 11) is 0.